The Morgan fingerprint density at radius 1 is 1.58 bits per heavy atom. The van der Waals surface area contributed by atoms with Crippen molar-refractivity contribution in [3.63, 3.8) is 0 Å². The fourth-order valence-electron chi connectivity index (χ4n) is 1.62. The lowest BCUT2D eigenvalue weighted by molar-refractivity contribution is -0.117. The molecule has 1 rings (SSSR count). The lowest BCUT2D eigenvalue weighted by Crippen LogP contribution is -2.37. The maximum atomic E-state index is 11.9. The number of likely N-dealkylation sites (N-methyl/N-ethyl adjacent to an activating group) is 1. The summed E-state index contributed by atoms with van der Waals surface area (Å²) in [6.45, 7) is 2.44. The Kier molecular flexibility index (Phi) is 6.40. The zero-order valence-corrected chi connectivity index (χ0v) is 12.3. The number of nitrogens with one attached hydrogen (secondary N) is 1. The van der Waals surface area contributed by atoms with Crippen LogP contribution in [0.3, 0.4) is 0 Å². The van der Waals surface area contributed by atoms with Crippen molar-refractivity contribution < 1.29 is 4.79 Å². The number of nitrogens with zero attached hydrogens (tertiary/aromatic N) is 2. The largest absolute Gasteiger partial charge is 0.325 e. The minimum Gasteiger partial charge on any atom is -0.325 e. The number of thioether (sulfide) groups is 1. The summed E-state index contributed by atoms with van der Waals surface area (Å²) in [5, 5.41) is 11.6. The van der Waals surface area contributed by atoms with E-state index in [1.54, 1.807) is 36.0 Å². The molecule has 1 N–H and O–H groups in total. The third-order valence-corrected chi connectivity index (χ3v) is 3.64. The molecule has 0 radical (unpaired) electrons. The molecule has 0 saturated carbocycles. The van der Waals surface area contributed by atoms with Crippen molar-refractivity contribution in [3.05, 3.63) is 29.8 Å². The van der Waals surface area contributed by atoms with Gasteiger partial charge >= 0.3 is 0 Å². The number of anilines is 1. The number of hydrogen-bond donors (Lipinski definition) is 1. The molecule has 102 valence electrons. The molecule has 0 spiro atoms. The smallest absolute Gasteiger partial charge is 0.238 e. The van der Waals surface area contributed by atoms with Gasteiger partial charge in [-0.15, -0.1) is 0 Å². The van der Waals surface area contributed by atoms with Crippen molar-refractivity contribution in [2.24, 2.45) is 0 Å². The molecule has 1 unspecified atom stereocenters. The van der Waals surface area contributed by atoms with Gasteiger partial charge in [0.15, 0.2) is 0 Å². The molecule has 1 aromatic carbocycles. The molecule has 0 bridgehead atoms. The number of benzene rings is 1. The summed E-state index contributed by atoms with van der Waals surface area (Å²) in [6, 6.07) is 9.33. The summed E-state index contributed by atoms with van der Waals surface area (Å²) in [5.41, 5.74) is 1.21. The van der Waals surface area contributed by atoms with Gasteiger partial charge in [0.25, 0.3) is 0 Å². The Hall–Kier alpha value is -1.51. The molecule has 0 aliphatic heterocycles. The van der Waals surface area contributed by atoms with E-state index in [9.17, 15) is 4.79 Å². The van der Waals surface area contributed by atoms with Crippen LogP contribution >= 0.6 is 11.8 Å². The monoisotopic (exact) mass is 277 g/mol. The second kappa shape index (κ2) is 7.82. The van der Waals surface area contributed by atoms with E-state index in [0.717, 1.165) is 5.75 Å². The number of carbonyl (C=O) groups is 1. The Labute approximate surface area is 118 Å². The molecule has 5 heteroatoms. The zero-order valence-electron chi connectivity index (χ0n) is 11.5. The van der Waals surface area contributed by atoms with E-state index < -0.39 is 0 Å². The first-order valence-electron chi connectivity index (χ1n) is 6.06. The summed E-state index contributed by atoms with van der Waals surface area (Å²) in [5.74, 6) is 0.929. The van der Waals surface area contributed by atoms with Crippen molar-refractivity contribution in [2.45, 2.75) is 13.0 Å². The highest BCUT2D eigenvalue weighted by Gasteiger charge is 2.12. The van der Waals surface area contributed by atoms with Gasteiger partial charge in [-0.3, -0.25) is 9.69 Å². The summed E-state index contributed by atoms with van der Waals surface area (Å²) in [4.78, 5) is 13.9. The van der Waals surface area contributed by atoms with E-state index in [1.807, 2.05) is 11.9 Å². The fourth-order valence-corrected chi connectivity index (χ4v) is 2.35. The maximum absolute atomic E-state index is 11.9. The minimum absolute atomic E-state index is 0.0643. The second-order valence-electron chi connectivity index (χ2n) is 4.46. The topological polar surface area (TPSA) is 56.1 Å². The minimum atomic E-state index is -0.0643. The molecule has 1 amide bonds. The summed E-state index contributed by atoms with van der Waals surface area (Å²) >= 11 is 1.76. The highest BCUT2D eigenvalue weighted by Crippen LogP contribution is 2.10. The lowest BCUT2D eigenvalue weighted by atomic mass is 10.2. The molecule has 0 aromatic heterocycles. The van der Waals surface area contributed by atoms with Crippen LogP contribution in [0.1, 0.15) is 12.5 Å². The van der Waals surface area contributed by atoms with E-state index in [0.29, 0.717) is 23.8 Å². The van der Waals surface area contributed by atoms with E-state index in [1.165, 1.54) is 0 Å². The van der Waals surface area contributed by atoms with Gasteiger partial charge in [0.1, 0.15) is 0 Å². The number of amides is 1. The zero-order chi connectivity index (χ0) is 14.3. The molecule has 0 heterocycles. The average molecular weight is 277 g/mol. The Morgan fingerprint density at radius 2 is 2.32 bits per heavy atom. The van der Waals surface area contributed by atoms with Crippen LogP contribution in [-0.4, -0.2) is 42.4 Å². The number of rotatable bonds is 6. The Balaban J connectivity index is 2.53. The van der Waals surface area contributed by atoms with Crippen molar-refractivity contribution in [1.29, 1.82) is 5.26 Å². The SMILES string of the molecule is CSCC(C)N(C)CC(=O)Nc1cccc(C#N)c1. The van der Waals surface area contributed by atoms with Gasteiger partial charge in [-0.2, -0.15) is 17.0 Å². The maximum Gasteiger partial charge on any atom is 0.238 e. The van der Waals surface area contributed by atoms with Gasteiger partial charge in [0.2, 0.25) is 5.91 Å². The fraction of sp³-hybridized carbons (Fsp3) is 0.429. The molecule has 0 aliphatic carbocycles. The number of hydrogen-bond acceptors (Lipinski definition) is 4. The first-order valence-corrected chi connectivity index (χ1v) is 7.45. The van der Waals surface area contributed by atoms with Crippen LogP contribution in [0.4, 0.5) is 5.69 Å². The predicted molar refractivity (Wildman–Crippen MR) is 80.3 cm³/mol. The quantitative estimate of drug-likeness (QED) is 0.866. The molecule has 4 nitrogen and oxygen atoms in total. The lowest BCUT2D eigenvalue weighted by Gasteiger charge is -2.23. The predicted octanol–water partition coefficient (Wildman–Crippen LogP) is 2.18. The van der Waals surface area contributed by atoms with Crippen LogP contribution in [0.2, 0.25) is 0 Å². The van der Waals surface area contributed by atoms with Gasteiger partial charge in [-0.25, -0.2) is 0 Å². The standard InChI is InChI=1S/C14H19N3OS/c1-11(10-19-3)17(2)9-14(18)16-13-6-4-5-12(7-13)8-15/h4-7,11H,9-10H2,1-3H3,(H,16,18). The van der Waals surface area contributed by atoms with Crippen LogP contribution in [0.15, 0.2) is 24.3 Å². The average Bonchev–Trinajstić information content (AvgIpc) is 2.39. The van der Waals surface area contributed by atoms with E-state index in [-0.39, 0.29) is 5.91 Å². The van der Waals surface area contributed by atoms with Crippen LogP contribution in [0, 0.1) is 11.3 Å². The molecular weight excluding hydrogens is 258 g/mol. The van der Waals surface area contributed by atoms with E-state index in [4.69, 9.17) is 5.26 Å². The molecule has 0 aliphatic rings. The number of carbonyl (C=O) groups excluding carboxylic acids is 1. The van der Waals surface area contributed by atoms with Crippen molar-refractivity contribution in [1.82, 2.24) is 4.90 Å². The first-order chi connectivity index (χ1) is 9.06. The van der Waals surface area contributed by atoms with Crippen LogP contribution < -0.4 is 5.32 Å². The molecule has 1 aromatic rings. The third-order valence-electron chi connectivity index (χ3n) is 2.83. The van der Waals surface area contributed by atoms with Crippen LogP contribution in [-0.2, 0) is 4.79 Å². The molecule has 0 fully saturated rings. The molecule has 19 heavy (non-hydrogen) atoms. The molecule has 1 atom stereocenters. The van der Waals surface area contributed by atoms with Gasteiger partial charge in [0.05, 0.1) is 18.2 Å². The second-order valence-corrected chi connectivity index (χ2v) is 5.37. The van der Waals surface area contributed by atoms with Gasteiger partial charge in [0, 0.05) is 17.5 Å². The normalized spacial score (nSPS) is 11.9. The van der Waals surface area contributed by atoms with Crippen molar-refractivity contribution in [2.75, 3.05) is 30.9 Å². The van der Waals surface area contributed by atoms with Gasteiger partial charge in [-0.1, -0.05) is 6.07 Å². The van der Waals surface area contributed by atoms with Gasteiger partial charge < -0.3 is 5.32 Å². The third kappa shape index (κ3) is 5.33. The number of nitriles is 1. The Bertz CT molecular complexity index is 470. The van der Waals surface area contributed by atoms with Gasteiger partial charge in [-0.05, 0) is 38.4 Å². The molecule has 0 saturated heterocycles. The summed E-state index contributed by atoms with van der Waals surface area (Å²) < 4.78 is 0. The highest BCUT2D eigenvalue weighted by atomic mass is 32.2. The van der Waals surface area contributed by atoms with Crippen LogP contribution in [0.25, 0.3) is 0 Å². The summed E-state index contributed by atoms with van der Waals surface area (Å²) in [6.07, 6.45) is 2.05. The van der Waals surface area contributed by atoms with Crippen molar-refractivity contribution >= 4 is 23.4 Å². The van der Waals surface area contributed by atoms with E-state index >= 15 is 0 Å². The highest BCUT2D eigenvalue weighted by molar-refractivity contribution is 7.98. The van der Waals surface area contributed by atoms with Crippen LogP contribution in [0.5, 0.6) is 0 Å². The van der Waals surface area contributed by atoms with E-state index in [2.05, 4.69) is 24.6 Å². The molecular formula is C14H19N3OS. The van der Waals surface area contributed by atoms with Crippen molar-refractivity contribution in [3.8, 4) is 6.07 Å². The summed E-state index contributed by atoms with van der Waals surface area (Å²) in [7, 11) is 1.94. The first kappa shape index (κ1) is 15.5. The Morgan fingerprint density at radius 3 is 2.95 bits per heavy atom.